The molecule has 156 valence electrons. The molecule has 0 aliphatic heterocycles. The molecule has 6 nitrogen and oxygen atoms in total. The molecule has 0 bridgehead atoms. The van der Waals surface area contributed by atoms with Crippen LogP contribution in [0.15, 0.2) is 70.5 Å². The zero-order chi connectivity index (χ0) is 21.9. The van der Waals surface area contributed by atoms with Gasteiger partial charge >= 0.3 is 5.97 Å². The van der Waals surface area contributed by atoms with Crippen molar-refractivity contribution in [1.82, 2.24) is 0 Å². The largest absolute Gasteiger partial charge is 0.497 e. The maximum Gasteiger partial charge on any atom is 0.338 e. The van der Waals surface area contributed by atoms with E-state index in [2.05, 4.69) is 0 Å². The molecule has 0 amide bonds. The summed E-state index contributed by atoms with van der Waals surface area (Å²) < 4.78 is 36.3. The molecule has 0 aliphatic carbocycles. The average molecular weight is 446 g/mol. The van der Waals surface area contributed by atoms with E-state index in [1.54, 1.807) is 0 Å². The Hall–Kier alpha value is -3.03. The minimum Gasteiger partial charge on any atom is -0.497 e. The molecule has 3 rings (SSSR count). The highest BCUT2D eigenvalue weighted by atomic mass is 35.5. The predicted octanol–water partition coefficient (Wildman–Crippen LogP) is 4.14. The first-order chi connectivity index (χ1) is 14.3. The van der Waals surface area contributed by atoms with Gasteiger partial charge in [0.25, 0.3) is 0 Å². The first-order valence-corrected chi connectivity index (χ1v) is 10.8. The third-order valence-electron chi connectivity index (χ3n) is 4.66. The Bertz CT molecular complexity index is 1180. The molecule has 0 unspecified atom stereocenters. The van der Waals surface area contributed by atoms with Gasteiger partial charge in [0, 0.05) is 0 Å². The van der Waals surface area contributed by atoms with Crippen LogP contribution in [0.3, 0.4) is 0 Å². The van der Waals surface area contributed by atoms with Crippen LogP contribution >= 0.6 is 11.6 Å². The van der Waals surface area contributed by atoms with E-state index in [4.69, 9.17) is 26.8 Å². The first kappa shape index (κ1) is 21.7. The van der Waals surface area contributed by atoms with Gasteiger partial charge in [-0.3, -0.25) is 0 Å². The number of esters is 1. The summed E-state index contributed by atoms with van der Waals surface area (Å²) in [5.41, 5.74) is 7.36. The van der Waals surface area contributed by atoms with E-state index >= 15 is 0 Å². The number of sulfone groups is 1. The Kier molecular flexibility index (Phi) is 6.34. The van der Waals surface area contributed by atoms with E-state index in [0.717, 1.165) is 5.56 Å². The molecule has 3 aromatic carbocycles. The van der Waals surface area contributed by atoms with Crippen LogP contribution in [0.25, 0.3) is 0 Å². The third-order valence-corrected chi connectivity index (χ3v) is 6.90. The number of carbonyl (C=O) groups is 1. The number of nitrogens with two attached hydrogens (primary N) is 1. The molecule has 0 atom stereocenters. The molecule has 30 heavy (non-hydrogen) atoms. The van der Waals surface area contributed by atoms with Crippen LogP contribution < -0.4 is 10.5 Å². The Balaban J connectivity index is 2.18. The van der Waals surface area contributed by atoms with Crippen LogP contribution in [-0.2, 0) is 21.0 Å². The van der Waals surface area contributed by atoms with Gasteiger partial charge in [-0.25, -0.2) is 13.2 Å². The minimum atomic E-state index is -4.04. The molecule has 0 heterocycles. The monoisotopic (exact) mass is 445 g/mol. The number of halogens is 1. The second-order valence-electron chi connectivity index (χ2n) is 6.46. The summed E-state index contributed by atoms with van der Waals surface area (Å²) in [5.74, 6) is -0.192. The van der Waals surface area contributed by atoms with Gasteiger partial charge < -0.3 is 15.2 Å². The van der Waals surface area contributed by atoms with Crippen LogP contribution in [0, 0.1) is 0 Å². The standard InChI is InChI=1S/C22H20ClNO5S/c1-28-15-8-10-16(11-9-15)30(26,27)19-13-18(22(25)29-2)17(20(23)21(19)24)12-14-6-4-3-5-7-14/h3-11,13H,12,24H2,1-2H3. The van der Waals surface area contributed by atoms with Crippen LogP contribution in [0.2, 0.25) is 5.02 Å². The molecule has 2 N–H and O–H groups in total. The molecule has 0 radical (unpaired) electrons. The van der Waals surface area contributed by atoms with Gasteiger partial charge in [0.05, 0.1) is 40.3 Å². The van der Waals surface area contributed by atoms with Gasteiger partial charge in [0.1, 0.15) is 5.75 Å². The third kappa shape index (κ3) is 4.13. The van der Waals surface area contributed by atoms with Gasteiger partial charge in [-0.15, -0.1) is 0 Å². The van der Waals surface area contributed by atoms with Crippen molar-refractivity contribution in [2.45, 2.75) is 16.2 Å². The van der Waals surface area contributed by atoms with Gasteiger partial charge in [-0.05, 0) is 47.9 Å². The average Bonchev–Trinajstić information content (AvgIpc) is 2.77. The van der Waals surface area contributed by atoms with Crippen LogP contribution in [0.1, 0.15) is 21.5 Å². The molecule has 0 aromatic heterocycles. The lowest BCUT2D eigenvalue weighted by atomic mass is 9.99. The second kappa shape index (κ2) is 8.77. The number of anilines is 1. The fraction of sp³-hybridized carbons (Fsp3) is 0.136. The molecule has 0 saturated carbocycles. The Morgan fingerprint density at radius 1 is 1.03 bits per heavy atom. The van der Waals surface area contributed by atoms with Gasteiger partial charge in [0.2, 0.25) is 9.84 Å². The molecular weight excluding hydrogens is 426 g/mol. The molecule has 0 spiro atoms. The summed E-state index contributed by atoms with van der Waals surface area (Å²) in [4.78, 5) is 12.2. The normalized spacial score (nSPS) is 11.2. The highest BCUT2D eigenvalue weighted by Gasteiger charge is 2.28. The Morgan fingerprint density at radius 2 is 1.67 bits per heavy atom. The second-order valence-corrected chi connectivity index (χ2v) is 8.76. The zero-order valence-electron chi connectivity index (χ0n) is 16.4. The molecule has 0 fully saturated rings. The maximum atomic E-state index is 13.2. The summed E-state index contributed by atoms with van der Waals surface area (Å²) in [6.45, 7) is 0. The SMILES string of the molecule is COC(=O)c1cc(S(=O)(=O)c2ccc(OC)cc2)c(N)c(Cl)c1Cc1ccccc1. The van der Waals surface area contributed by atoms with E-state index < -0.39 is 15.8 Å². The van der Waals surface area contributed by atoms with Crippen molar-refractivity contribution in [2.24, 2.45) is 0 Å². The number of hydrogen-bond donors (Lipinski definition) is 1. The fourth-order valence-electron chi connectivity index (χ4n) is 3.05. The summed E-state index contributed by atoms with van der Waals surface area (Å²) in [5, 5.41) is 0.00818. The van der Waals surface area contributed by atoms with Crippen LogP contribution in [0.4, 0.5) is 5.69 Å². The van der Waals surface area contributed by atoms with Crippen molar-refractivity contribution >= 4 is 33.1 Å². The maximum absolute atomic E-state index is 13.2. The number of methoxy groups -OCH3 is 2. The van der Waals surface area contributed by atoms with Crippen LogP contribution in [0.5, 0.6) is 5.75 Å². The highest BCUT2D eigenvalue weighted by molar-refractivity contribution is 7.91. The number of carbonyl (C=O) groups excluding carboxylic acids is 1. The topological polar surface area (TPSA) is 95.7 Å². The van der Waals surface area contributed by atoms with E-state index in [1.807, 2.05) is 30.3 Å². The Labute approximate surface area is 180 Å². The lowest BCUT2D eigenvalue weighted by molar-refractivity contribution is 0.0599. The van der Waals surface area contributed by atoms with E-state index in [-0.39, 0.29) is 32.5 Å². The number of ether oxygens (including phenoxy) is 2. The quantitative estimate of drug-likeness (QED) is 0.452. The van der Waals surface area contributed by atoms with E-state index in [9.17, 15) is 13.2 Å². The van der Waals surface area contributed by atoms with Gasteiger partial charge in [-0.1, -0.05) is 41.9 Å². The lowest BCUT2D eigenvalue weighted by Gasteiger charge is -2.16. The van der Waals surface area contributed by atoms with E-state index in [1.165, 1.54) is 44.6 Å². The number of benzene rings is 3. The molecule has 0 aliphatic rings. The van der Waals surface area contributed by atoms with E-state index in [0.29, 0.717) is 11.3 Å². The van der Waals surface area contributed by atoms with Crippen molar-refractivity contribution in [3.8, 4) is 5.75 Å². The predicted molar refractivity (Wildman–Crippen MR) is 115 cm³/mol. The first-order valence-electron chi connectivity index (χ1n) is 8.91. The van der Waals surface area contributed by atoms with Crippen molar-refractivity contribution in [3.05, 3.63) is 82.4 Å². The number of rotatable bonds is 6. The number of hydrogen-bond acceptors (Lipinski definition) is 6. The van der Waals surface area contributed by atoms with Crippen molar-refractivity contribution in [3.63, 3.8) is 0 Å². The summed E-state index contributed by atoms with van der Waals surface area (Å²) in [7, 11) is -1.34. The summed E-state index contributed by atoms with van der Waals surface area (Å²) >= 11 is 6.48. The van der Waals surface area contributed by atoms with Crippen LogP contribution in [-0.4, -0.2) is 28.6 Å². The van der Waals surface area contributed by atoms with Gasteiger partial charge in [0.15, 0.2) is 0 Å². The lowest BCUT2D eigenvalue weighted by Crippen LogP contribution is -2.13. The minimum absolute atomic E-state index is 0.00214. The molecular formula is C22H20ClNO5S. The molecule has 0 saturated heterocycles. The fourth-order valence-corrected chi connectivity index (χ4v) is 4.79. The number of nitrogen functional groups attached to an aromatic ring is 1. The summed E-state index contributed by atoms with van der Waals surface area (Å²) in [6.07, 6.45) is 0.289. The van der Waals surface area contributed by atoms with Crippen molar-refractivity contribution < 1.29 is 22.7 Å². The molecule has 8 heteroatoms. The smallest absolute Gasteiger partial charge is 0.338 e. The van der Waals surface area contributed by atoms with Crippen molar-refractivity contribution in [1.29, 1.82) is 0 Å². The van der Waals surface area contributed by atoms with Gasteiger partial charge in [-0.2, -0.15) is 0 Å². The highest BCUT2D eigenvalue weighted by Crippen LogP contribution is 2.37. The zero-order valence-corrected chi connectivity index (χ0v) is 18.0. The Morgan fingerprint density at radius 3 is 2.23 bits per heavy atom. The van der Waals surface area contributed by atoms with Crippen molar-refractivity contribution in [2.75, 3.05) is 20.0 Å². The molecule has 3 aromatic rings. The summed E-state index contributed by atoms with van der Waals surface area (Å²) in [6, 6.07) is 16.4.